The Bertz CT molecular complexity index is 339. The normalized spacial score (nSPS) is 12.5. The van der Waals surface area contributed by atoms with Gasteiger partial charge in [0, 0.05) is 11.6 Å². The number of phenols is 1. The number of halogens is 2. The van der Waals surface area contributed by atoms with Crippen molar-refractivity contribution < 1.29 is 5.11 Å². The van der Waals surface area contributed by atoms with Gasteiger partial charge in [-0.2, -0.15) is 0 Å². The molecule has 0 heterocycles. The van der Waals surface area contributed by atoms with Gasteiger partial charge in [-0.25, -0.2) is 0 Å². The molecule has 1 aromatic carbocycles. The van der Waals surface area contributed by atoms with E-state index in [0.717, 1.165) is 0 Å². The van der Waals surface area contributed by atoms with E-state index in [1.54, 1.807) is 0 Å². The Kier molecular flexibility index (Phi) is 3.20. The lowest BCUT2D eigenvalue weighted by atomic mass is 10.1. The summed E-state index contributed by atoms with van der Waals surface area (Å²) in [7, 11) is 0. The smallest absolute Gasteiger partial charge is 0.122 e. The predicted octanol–water partition coefficient (Wildman–Crippen LogP) is 2.88. The van der Waals surface area contributed by atoms with Gasteiger partial charge < -0.3 is 10.8 Å². The molecule has 0 aliphatic rings. The molecule has 2 nitrogen and oxygen atoms in total. The first kappa shape index (κ1) is 10.4. The fraction of sp³-hybridized carbons (Fsp3) is 0.111. The summed E-state index contributed by atoms with van der Waals surface area (Å²) >= 11 is 11.4. The van der Waals surface area contributed by atoms with E-state index in [4.69, 9.17) is 28.9 Å². The van der Waals surface area contributed by atoms with E-state index in [2.05, 4.69) is 6.58 Å². The van der Waals surface area contributed by atoms with Gasteiger partial charge in [0.1, 0.15) is 5.75 Å². The molecule has 1 unspecified atom stereocenters. The summed E-state index contributed by atoms with van der Waals surface area (Å²) in [5.41, 5.74) is 6.15. The second-order valence-electron chi connectivity index (χ2n) is 2.59. The van der Waals surface area contributed by atoms with Gasteiger partial charge in [0.25, 0.3) is 0 Å². The fourth-order valence-electron chi connectivity index (χ4n) is 0.946. The minimum absolute atomic E-state index is 0.0294. The molecular weight excluding hydrogens is 209 g/mol. The molecule has 70 valence electrons. The quantitative estimate of drug-likeness (QED) is 0.749. The summed E-state index contributed by atoms with van der Waals surface area (Å²) in [6.45, 7) is 3.52. The molecule has 1 atom stereocenters. The molecule has 0 radical (unpaired) electrons. The minimum Gasteiger partial charge on any atom is -0.508 e. The Morgan fingerprint density at radius 2 is 1.92 bits per heavy atom. The van der Waals surface area contributed by atoms with Crippen LogP contribution in [0, 0.1) is 0 Å². The van der Waals surface area contributed by atoms with Crippen molar-refractivity contribution >= 4 is 23.2 Å². The minimum atomic E-state index is -0.435. The van der Waals surface area contributed by atoms with Crippen LogP contribution in [0.1, 0.15) is 11.6 Å². The van der Waals surface area contributed by atoms with E-state index in [1.165, 1.54) is 18.2 Å². The zero-order chi connectivity index (χ0) is 10.0. The molecule has 0 aliphatic heterocycles. The first-order valence-electron chi connectivity index (χ1n) is 3.62. The number of benzene rings is 1. The van der Waals surface area contributed by atoms with Crippen molar-refractivity contribution in [1.82, 2.24) is 0 Å². The fourth-order valence-corrected chi connectivity index (χ4v) is 1.28. The lowest BCUT2D eigenvalue weighted by Gasteiger charge is -2.10. The average molecular weight is 218 g/mol. The van der Waals surface area contributed by atoms with E-state index < -0.39 is 6.04 Å². The van der Waals surface area contributed by atoms with E-state index in [0.29, 0.717) is 15.6 Å². The Balaban J connectivity index is 3.22. The summed E-state index contributed by atoms with van der Waals surface area (Å²) in [6.07, 6.45) is 1.51. The van der Waals surface area contributed by atoms with Gasteiger partial charge in [0.2, 0.25) is 0 Å². The van der Waals surface area contributed by atoms with Crippen LogP contribution in [0.15, 0.2) is 24.8 Å². The molecule has 0 amide bonds. The molecule has 13 heavy (non-hydrogen) atoms. The van der Waals surface area contributed by atoms with Gasteiger partial charge in [-0.05, 0) is 6.07 Å². The lowest BCUT2D eigenvalue weighted by Crippen LogP contribution is -2.06. The summed E-state index contributed by atoms with van der Waals surface area (Å²) in [6, 6.07) is 2.46. The van der Waals surface area contributed by atoms with Gasteiger partial charge in [0.15, 0.2) is 0 Å². The molecule has 0 aliphatic carbocycles. The maximum Gasteiger partial charge on any atom is 0.122 e. The highest BCUT2D eigenvalue weighted by Crippen LogP contribution is 2.32. The average Bonchev–Trinajstić information content (AvgIpc) is 2.10. The van der Waals surface area contributed by atoms with Crippen molar-refractivity contribution in [3.05, 3.63) is 40.4 Å². The van der Waals surface area contributed by atoms with E-state index in [1.807, 2.05) is 0 Å². The molecule has 0 fully saturated rings. The molecule has 0 saturated carbocycles. The number of phenolic OH excluding ortho intramolecular Hbond substituents is 1. The van der Waals surface area contributed by atoms with Gasteiger partial charge in [0.05, 0.1) is 16.1 Å². The molecule has 0 spiro atoms. The number of rotatable bonds is 2. The van der Waals surface area contributed by atoms with Gasteiger partial charge in [-0.15, -0.1) is 6.58 Å². The Labute approximate surface area is 86.6 Å². The lowest BCUT2D eigenvalue weighted by molar-refractivity contribution is 0.466. The third kappa shape index (κ3) is 2.15. The van der Waals surface area contributed by atoms with E-state index >= 15 is 0 Å². The molecule has 0 bridgehead atoms. The van der Waals surface area contributed by atoms with Crippen molar-refractivity contribution in [1.29, 1.82) is 0 Å². The highest BCUT2D eigenvalue weighted by Gasteiger charge is 2.10. The van der Waals surface area contributed by atoms with E-state index in [9.17, 15) is 5.11 Å². The molecule has 1 rings (SSSR count). The second kappa shape index (κ2) is 4.01. The van der Waals surface area contributed by atoms with Crippen molar-refractivity contribution in [3.63, 3.8) is 0 Å². The Morgan fingerprint density at radius 3 is 2.46 bits per heavy atom. The number of hydrogen-bond donors (Lipinski definition) is 2. The van der Waals surface area contributed by atoms with Gasteiger partial charge in [-0.1, -0.05) is 29.3 Å². The Morgan fingerprint density at radius 1 is 1.38 bits per heavy atom. The maximum atomic E-state index is 9.45. The first-order chi connectivity index (χ1) is 6.06. The van der Waals surface area contributed by atoms with Gasteiger partial charge >= 0.3 is 0 Å². The number of nitrogens with two attached hydrogens (primary N) is 1. The van der Waals surface area contributed by atoms with Crippen LogP contribution < -0.4 is 5.73 Å². The second-order valence-corrected chi connectivity index (χ2v) is 3.40. The SMILES string of the molecule is C=CC(N)c1cc(Cl)c(Cl)cc1O. The highest BCUT2D eigenvalue weighted by atomic mass is 35.5. The summed E-state index contributed by atoms with van der Waals surface area (Å²) in [4.78, 5) is 0. The highest BCUT2D eigenvalue weighted by molar-refractivity contribution is 6.42. The summed E-state index contributed by atoms with van der Waals surface area (Å²) < 4.78 is 0. The number of aromatic hydroxyl groups is 1. The Hall–Kier alpha value is -0.700. The van der Waals surface area contributed by atoms with Crippen molar-refractivity contribution in [3.8, 4) is 5.75 Å². The topological polar surface area (TPSA) is 46.2 Å². The predicted molar refractivity (Wildman–Crippen MR) is 55.3 cm³/mol. The van der Waals surface area contributed by atoms with Crippen LogP contribution >= 0.6 is 23.2 Å². The summed E-state index contributed by atoms with van der Waals surface area (Å²) in [5.74, 6) is 0.0294. The van der Waals surface area contributed by atoms with Crippen LogP contribution in [0.5, 0.6) is 5.75 Å². The van der Waals surface area contributed by atoms with Crippen LogP contribution in [0.4, 0.5) is 0 Å². The zero-order valence-electron chi connectivity index (χ0n) is 6.80. The van der Waals surface area contributed by atoms with Crippen molar-refractivity contribution in [2.24, 2.45) is 5.73 Å². The molecule has 4 heteroatoms. The van der Waals surface area contributed by atoms with Crippen LogP contribution in [-0.4, -0.2) is 5.11 Å². The third-order valence-corrected chi connectivity index (χ3v) is 2.40. The molecule has 1 aromatic rings. The monoisotopic (exact) mass is 217 g/mol. The standard InChI is InChI=1S/C9H9Cl2NO/c1-2-8(12)5-3-6(10)7(11)4-9(5)13/h2-4,8,13H,1,12H2. The third-order valence-electron chi connectivity index (χ3n) is 1.68. The molecule has 3 N–H and O–H groups in total. The largest absolute Gasteiger partial charge is 0.508 e. The zero-order valence-corrected chi connectivity index (χ0v) is 8.31. The van der Waals surface area contributed by atoms with Gasteiger partial charge in [-0.3, -0.25) is 0 Å². The van der Waals surface area contributed by atoms with E-state index in [-0.39, 0.29) is 5.75 Å². The van der Waals surface area contributed by atoms with Crippen LogP contribution in [-0.2, 0) is 0 Å². The number of hydrogen-bond acceptors (Lipinski definition) is 2. The van der Waals surface area contributed by atoms with Crippen LogP contribution in [0.3, 0.4) is 0 Å². The molecule has 0 saturated heterocycles. The molecule has 0 aromatic heterocycles. The first-order valence-corrected chi connectivity index (χ1v) is 4.38. The van der Waals surface area contributed by atoms with Crippen molar-refractivity contribution in [2.75, 3.05) is 0 Å². The molecular formula is C9H9Cl2NO. The van der Waals surface area contributed by atoms with Crippen LogP contribution in [0.25, 0.3) is 0 Å². The maximum absolute atomic E-state index is 9.45. The summed E-state index contributed by atoms with van der Waals surface area (Å²) in [5, 5.41) is 10.1. The van der Waals surface area contributed by atoms with Crippen LogP contribution in [0.2, 0.25) is 10.0 Å². The van der Waals surface area contributed by atoms with Crippen molar-refractivity contribution in [2.45, 2.75) is 6.04 Å².